The summed E-state index contributed by atoms with van der Waals surface area (Å²) in [4.78, 5) is 33.2. The van der Waals surface area contributed by atoms with Gasteiger partial charge in [-0.2, -0.15) is 0 Å². The number of carbonyl (C=O) groups excluding carboxylic acids is 1. The zero-order chi connectivity index (χ0) is 13.3. The molecule has 94 valence electrons. The molecule has 0 radical (unpaired) electrons. The average Bonchev–Trinajstić information content (AvgIpc) is 2.16. The fraction of sp³-hybridized carbons (Fsp3) is 0.545. The zero-order valence-electron chi connectivity index (χ0n) is 9.60. The van der Waals surface area contributed by atoms with Crippen molar-refractivity contribution in [1.29, 1.82) is 0 Å². The summed E-state index contributed by atoms with van der Waals surface area (Å²) >= 11 is 0. The molecular formula is C11H14O6. The van der Waals surface area contributed by atoms with Gasteiger partial charge in [0.05, 0.1) is 5.41 Å². The second-order valence-electron chi connectivity index (χ2n) is 4.44. The van der Waals surface area contributed by atoms with Crippen LogP contribution >= 0.6 is 0 Å². The summed E-state index contributed by atoms with van der Waals surface area (Å²) in [6, 6.07) is 0. The number of allylic oxidation sites excluding steroid dienone is 1. The van der Waals surface area contributed by atoms with Gasteiger partial charge in [-0.05, 0) is 19.4 Å². The number of aliphatic carboxylic acids is 2. The van der Waals surface area contributed by atoms with E-state index in [9.17, 15) is 14.4 Å². The summed E-state index contributed by atoms with van der Waals surface area (Å²) in [5.74, 6) is -3.23. The molecule has 0 aromatic rings. The van der Waals surface area contributed by atoms with Crippen molar-refractivity contribution in [2.75, 3.05) is 0 Å². The first-order valence-electron chi connectivity index (χ1n) is 5.06. The molecule has 17 heavy (non-hydrogen) atoms. The number of carboxylic acids is 2. The third-order valence-corrected chi connectivity index (χ3v) is 2.81. The Hall–Kier alpha value is -1.85. The highest BCUT2D eigenvalue weighted by atomic mass is 16.6. The molecular weight excluding hydrogens is 228 g/mol. The van der Waals surface area contributed by atoms with Gasteiger partial charge < -0.3 is 14.9 Å². The number of hydrogen-bond acceptors (Lipinski definition) is 4. The van der Waals surface area contributed by atoms with Crippen LogP contribution in [-0.4, -0.2) is 33.7 Å². The highest BCUT2D eigenvalue weighted by Crippen LogP contribution is 2.40. The van der Waals surface area contributed by atoms with E-state index in [1.807, 2.05) is 0 Å². The van der Waals surface area contributed by atoms with Crippen molar-refractivity contribution in [2.24, 2.45) is 5.41 Å². The van der Waals surface area contributed by atoms with Crippen molar-refractivity contribution in [3.8, 4) is 0 Å². The molecule has 1 rings (SSSR count). The molecule has 2 atom stereocenters. The van der Waals surface area contributed by atoms with Gasteiger partial charge in [0.25, 0.3) is 0 Å². The molecule has 0 aliphatic heterocycles. The van der Waals surface area contributed by atoms with Crippen LogP contribution < -0.4 is 0 Å². The zero-order valence-corrected chi connectivity index (χ0v) is 9.60. The van der Waals surface area contributed by atoms with Gasteiger partial charge in [-0.3, -0.25) is 9.59 Å². The molecule has 6 nitrogen and oxygen atoms in total. The van der Waals surface area contributed by atoms with Gasteiger partial charge in [-0.1, -0.05) is 6.08 Å². The van der Waals surface area contributed by atoms with E-state index in [1.165, 1.54) is 19.1 Å². The first kappa shape index (κ1) is 13.2. The van der Waals surface area contributed by atoms with Crippen LogP contribution in [0.3, 0.4) is 0 Å². The van der Waals surface area contributed by atoms with Crippen LogP contribution in [0.2, 0.25) is 0 Å². The molecule has 1 aliphatic rings. The Balaban J connectivity index is 3.13. The Morgan fingerprint density at radius 2 is 1.82 bits per heavy atom. The molecule has 2 unspecified atom stereocenters. The lowest BCUT2D eigenvalue weighted by Gasteiger charge is -2.36. The molecule has 0 bridgehead atoms. The summed E-state index contributed by atoms with van der Waals surface area (Å²) in [6.45, 7) is 2.52. The highest BCUT2D eigenvalue weighted by molar-refractivity contribution is 5.86. The number of hydrogen-bond donors (Lipinski definition) is 2. The van der Waals surface area contributed by atoms with Crippen molar-refractivity contribution >= 4 is 17.9 Å². The lowest BCUT2D eigenvalue weighted by Crippen LogP contribution is -2.49. The maximum absolute atomic E-state index is 11.2. The van der Waals surface area contributed by atoms with Crippen LogP contribution in [-0.2, 0) is 19.1 Å². The van der Waals surface area contributed by atoms with E-state index in [0.29, 0.717) is 0 Å². The highest BCUT2D eigenvalue weighted by Gasteiger charge is 2.50. The van der Waals surface area contributed by atoms with Crippen molar-refractivity contribution in [3.05, 3.63) is 12.2 Å². The van der Waals surface area contributed by atoms with Crippen LogP contribution in [0, 0.1) is 5.41 Å². The maximum atomic E-state index is 11.2. The standard InChI is InChI=1S/C11H14O6/c1-7(12)17-11(9(15)16)5-3-4-10(2,6-11)8(13)14/h3,5H,4,6H2,1-2H3,(H,13,14)(H,15,16). The Kier molecular flexibility index (Phi) is 3.26. The van der Waals surface area contributed by atoms with Gasteiger partial charge in [0.1, 0.15) is 0 Å². The fourth-order valence-corrected chi connectivity index (χ4v) is 1.90. The number of esters is 1. The molecule has 0 saturated heterocycles. The van der Waals surface area contributed by atoms with Gasteiger partial charge in [0, 0.05) is 13.3 Å². The van der Waals surface area contributed by atoms with Crippen molar-refractivity contribution in [2.45, 2.75) is 32.3 Å². The minimum Gasteiger partial charge on any atom is -0.481 e. The first-order valence-corrected chi connectivity index (χ1v) is 5.06. The third-order valence-electron chi connectivity index (χ3n) is 2.81. The molecule has 0 amide bonds. The second kappa shape index (κ2) is 4.20. The third kappa shape index (κ3) is 2.46. The molecule has 0 aromatic heterocycles. The van der Waals surface area contributed by atoms with Gasteiger partial charge in [0.15, 0.2) is 0 Å². The smallest absolute Gasteiger partial charge is 0.352 e. The predicted molar refractivity (Wildman–Crippen MR) is 56.2 cm³/mol. The lowest BCUT2D eigenvalue weighted by molar-refractivity contribution is -0.178. The van der Waals surface area contributed by atoms with E-state index in [0.717, 1.165) is 6.92 Å². The molecule has 0 spiro atoms. The first-order chi connectivity index (χ1) is 7.72. The number of rotatable bonds is 3. The summed E-state index contributed by atoms with van der Waals surface area (Å²) in [5.41, 5.74) is -3.13. The van der Waals surface area contributed by atoms with E-state index < -0.39 is 28.9 Å². The van der Waals surface area contributed by atoms with Crippen molar-refractivity contribution < 1.29 is 29.3 Å². The van der Waals surface area contributed by atoms with E-state index in [4.69, 9.17) is 14.9 Å². The average molecular weight is 242 g/mol. The summed E-state index contributed by atoms with van der Waals surface area (Å²) < 4.78 is 4.80. The minimum atomic E-state index is -1.88. The SMILES string of the molecule is CC(=O)OC1(C(=O)O)C=CCC(C)(C(=O)O)C1. The van der Waals surface area contributed by atoms with Crippen molar-refractivity contribution in [1.82, 2.24) is 0 Å². The Bertz CT molecular complexity index is 399. The van der Waals surface area contributed by atoms with Crippen LogP contribution in [0.25, 0.3) is 0 Å². The number of carbonyl (C=O) groups is 3. The van der Waals surface area contributed by atoms with E-state index in [1.54, 1.807) is 0 Å². The molecule has 0 heterocycles. The van der Waals surface area contributed by atoms with Gasteiger partial charge in [-0.25, -0.2) is 4.79 Å². The van der Waals surface area contributed by atoms with Crippen LogP contribution in [0.5, 0.6) is 0 Å². The van der Waals surface area contributed by atoms with Crippen LogP contribution in [0.1, 0.15) is 26.7 Å². The van der Waals surface area contributed by atoms with Crippen molar-refractivity contribution in [3.63, 3.8) is 0 Å². The quantitative estimate of drug-likeness (QED) is 0.561. The minimum absolute atomic E-state index is 0.207. The van der Waals surface area contributed by atoms with Crippen LogP contribution in [0.15, 0.2) is 12.2 Å². The molecule has 2 N–H and O–H groups in total. The van der Waals surface area contributed by atoms with Gasteiger partial charge in [0.2, 0.25) is 5.60 Å². The lowest BCUT2D eigenvalue weighted by atomic mass is 9.72. The van der Waals surface area contributed by atoms with Gasteiger partial charge >= 0.3 is 17.9 Å². The van der Waals surface area contributed by atoms with E-state index in [-0.39, 0.29) is 12.8 Å². The van der Waals surface area contributed by atoms with E-state index >= 15 is 0 Å². The largest absolute Gasteiger partial charge is 0.481 e. The second-order valence-corrected chi connectivity index (χ2v) is 4.44. The molecule has 0 aromatic carbocycles. The maximum Gasteiger partial charge on any atom is 0.352 e. The summed E-state index contributed by atoms with van der Waals surface area (Å²) in [6.07, 6.45) is 2.59. The monoisotopic (exact) mass is 242 g/mol. The topological polar surface area (TPSA) is 101 Å². The van der Waals surface area contributed by atoms with E-state index in [2.05, 4.69) is 0 Å². The van der Waals surface area contributed by atoms with Crippen LogP contribution in [0.4, 0.5) is 0 Å². The Labute approximate surface area is 97.9 Å². The molecule has 1 aliphatic carbocycles. The Morgan fingerprint density at radius 1 is 1.24 bits per heavy atom. The summed E-state index contributed by atoms with van der Waals surface area (Å²) in [7, 11) is 0. The molecule has 6 heteroatoms. The normalized spacial score (nSPS) is 31.9. The fourth-order valence-electron chi connectivity index (χ4n) is 1.90. The number of ether oxygens (including phenoxy) is 1. The van der Waals surface area contributed by atoms with Gasteiger partial charge in [-0.15, -0.1) is 0 Å². The molecule has 0 saturated carbocycles. The molecule has 0 fully saturated rings. The predicted octanol–water partition coefficient (Wildman–Crippen LogP) is 0.814. The Morgan fingerprint density at radius 3 is 2.24 bits per heavy atom. The number of carboxylic acid groups (broad SMARTS) is 2. The summed E-state index contributed by atoms with van der Waals surface area (Å²) in [5, 5.41) is 18.2.